The first-order valence-electron chi connectivity index (χ1n) is 2.96. The number of halogens is 1. The van der Waals surface area contributed by atoms with Crippen LogP contribution in [0.2, 0.25) is 0 Å². The molecule has 1 amide bonds. The lowest BCUT2D eigenvalue weighted by Gasteiger charge is -2.02. The van der Waals surface area contributed by atoms with Crippen LogP contribution in [0.3, 0.4) is 0 Å². The quantitative estimate of drug-likeness (QED) is 0.689. The van der Waals surface area contributed by atoms with E-state index in [4.69, 9.17) is 11.5 Å². The summed E-state index contributed by atoms with van der Waals surface area (Å²) < 4.78 is 0.630. The highest BCUT2D eigenvalue weighted by atomic mass is 79.9. The van der Waals surface area contributed by atoms with Gasteiger partial charge in [-0.25, -0.2) is 0 Å². The molecule has 1 rings (SSSR count). The highest BCUT2D eigenvalue weighted by Crippen LogP contribution is 2.21. The Labute approximate surface area is 72.5 Å². The van der Waals surface area contributed by atoms with Gasteiger partial charge in [-0.1, -0.05) is 6.07 Å². The van der Waals surface area contributed by atoms with Gasteiger partial charge in [-0.2, -0.15) is 0 Å². The van der Waals surface area contributed by atoms with Gasteiger partial charge in [0, 0.05) is 10.2 Å². The zero-order chi connectivity index (χ0) is 8.43. The van der Waals surface area contributed by atoms with Crippen LogP contribution < -0.4 is 11.5 Å². The second-order valence-electron chi connectivity index (χ2n) is 2.07. The van der Waals surface area contributed by atoms with Gasteiger partial charge in [0.05, 0.1) is 5.56 Å². The Bertz CT molecular complexity index is 278. The predicted molar refractivity (Wildman–Crippen MR) is 47.1 cm³/mol. The number of nitrogens with two attached hydrogens (primary N) is 2. The number of anilines is 1. The molecule has 0 spiro atoms. The molecule has 3 nitrogen and oxygen atoms in total. The summed E-state index contributed by atoms with van der Waals surface area (Å²) in [5, 5.41) is 0. The van der Waals surface area contributed by atoms with E-state index < -0.39 is 5.91 Å². The maximum atomic E-state index is 10.8. The van der Waals surface area contributed by atoms with Gasteiger partial charge in [0.2, 0.25) is 0 Å². The molecule has 0 unspecified atom stereocenters. The smallest absolute Gasteiger partial charge is 0.251 e. The molecule has 0 aliphatic heterocycles. The molecule has 11 heavy (non-hydrogen) atoms. The van der Waals surface area contributed by atoms with Crippen molar-refractivity contribution in [3.8, 4) is 0 Å². The van der Waals surface area contributed by atoms with Crippen LogP contribution in [0.1, 0.15) is 10.4 Å². The predicted octanol–water partition coefficient (Wildman–Crippen LogP) is 1.13. The lowest BCUT2D eigenvalue weighted by Crippen LogP contribution is -2.14. The zero-order valence-electron chi connectivity index (χ0n) is 5.67. The van der Waals surface area contributed by atoms with E-state index in [0.717, 1.165) is 0 Å². The summed E-state index contributed by atoms with van der Waals surface area (Å²) in [5.41, 5.74) is 11.3. The van der Waals surface area contributed by atoms with Gasteiger partial charge >= 0.3 is 0 Å². The standard InChI is InChI=1S/C7H7BrN2O/c8-4-2-1-3-5(9)6(4)7(10)11/h1-3H,9H2,(H2,10,11). The SMILES string of the molecule is NC(=O)c1c(N)cccc1Br. The van der Waals surface area contributed by atoms with Gasteiger partial charge in [0.25, 0.3) is 5.91 Å². The van der Waals surface area contributed by atoms with Gasteiger partial charge in [-0.15, -0.1) is 0 Å². The Balaban J connectivity index is 3.32. The molecule has 0 heterocycles. The molecular weight excluding hydrogens is 208 g/mol. The fraction of sp³-hybridized carbons (Fsp3) is 0. The van der Waals surface area contributed by atoms with Crippen molar-refractivity contribution in [2.24, 2.45) is 5.73 Å². The largest absolute Gasteiger partial charge is 0.398 e. The van der Waals surface area contributed by atoms with Crippen molar-refractivity contribution < 1.29 is 4.79 Å². The first-order valence-corrected chi connectivity index (χ1v) is 3.76. The topological polar surface area (TPSA) is 69.1 Å². The number of carbonyl (C=O) groups is 1. The molecule has 4 N–H and O–H groups in total. The molecule has 1 aromatic rings. The van der Waals surface area contributed by atoms with Gasteiger partial charge in [-0.05, 0) is 28.1 Å². The van der Waals surface area contributed by atoms with Gasteiger partial charge < -0.3 is 11.5 Å². The summed E-state index contributed by atoms with van der Waals surface area (Å²) in [6, 6.07) is 5.09. The van der Waals surface area contributed by atoms with E-state index in [1.54, 1.807) is 18.2 Å². The number of amides is 1. The first-order chi connectivity index (χ1) is 5.13. The minimum absolute atomic E-state index is 0.340. The number of hydrogen-bond acceptors (Lipinski definition) is 2. The summed E-state index contributed by atoms with van der Waals surface area (Å²) in [4.78, 5) is 10.8. The van der Waals surface area contributed by atoms with E-state index in [1.807, 2.05) is 0 Å². The highest BCUT2D eigenvalue weighted by molar-refractivity contribution is 9.10. The van der Waals surface area contributed by atoms with Crippen molar-refractivity contribution in [2.45, 2.75) is 0 Å². The molecule has 4 heteroatoms. The van der Waals surface area contributed by atoms with Crippen molar-refractivity contribution in [3.63, 3.8) is 0 Å². The molecule has 0 saturated carbocycles. The second-order valence-corrected chi connectivity index (χ2v) is 2.92. The Morgan fingerprint density at radius 1 is 1.45 bits per heavy atom. The minimum atomic E-state index is -0.519. The van der Waals surface area contributed by atoms with Gasteiger partial charge in [0.15, 0.2) is 0 Å². The molecule has 0 atom stereocenters. The Morgan fingerprint density at radius 2 is 2.09 bits per heavy atom. The summed E-state index contributed by atoms with van der Waals surface area (Å²) in [7, 11) is 0. The van der Waals surface area contributed by atoms with E-state index in [-0.39, 0.29) is 0 Å². The molecule has 0 radical (unpaired) electrons. The minimum Gasteiger partial charge on any atom is -0.398 e. The molecular formula is C7H7BrN2O. The number of nitrogen functional groups attached to an aromatic ring is 1. The van der Waals surface area contributed by atoms with Crippen LogP contribution in [0, 0.1) is 0 Å². The van der Waals surface area contributed by atoms with Crippen LogP contribution in [0.4, 0.5) is 5.69 Å². The van der Waals surface area contributed by atoms with Crippen molar-refractivity contribution in [2.75, 3.05) is 5.73 Å². The van der Waals surface area contributed by atoms with E-state index in [2.05, 4.69) is 15.9 Å². The molecule has 58 valence electrons. The molecule has 0 fully saturated rings. The lowest BCUT2D eigenvalue weighted by atomic mass is 10.2. The van der Waals surface area contributed by atoms with Crippen LogP contribution in [0.25, 0.3) is 0 Å². The second kappa shape index (κ2) is 2.92. The van der Waals surface area contributed by atoms with Gasteiger partial charge in [0.1, 0.15) is 0 Å². The Morgan fingerprint density at radius 3 is 2.45 bits per heavy atom. The number of hydrogen-bond donors (Lipinski definition) is 2. The molecule has 0 bridgehead atoms. The van der Waals surface area contributed by atoms with Crippen molar-refractivity contribution in [1.82, 2.24) is 0 Å². The van der Waals surface area contributed by atoms with E-state index >= 15 is 0 Å². The third-order valence-corrected chi connectivity index (χ3v) is 1.95. The van der Waals surface area contributed by atoms with Crippen molar-refractivity contribution in [3.05, 3.63) is 28.2 Å². The molecule has 0 aliphatic carbocycles. The molecule has 0 aliphatic rings. The van der Waals surface area contributed by atoms with E-state index in [9.17, 15) is 4.79 Å². The maximum absolute atomic E-state index is 10.8. The summed E-state index contributed by atoms with van der Waals surface area (Å²) in [6.45, 7) is 0. The summed E-state index contributed by atoms with van der Waals surface area (Å²) in [5.74, 6) is -0.519. The third-order valence-electron chi connectivity index (χ3n) is 1.29. The van der Waals surface area contributed by atoms with E-state index in [0.29, 0.717) is 15.7 Å². The van der Waals surface area contributed by atoms with Crippen molar-refractivity contribution >= 4 is 27.5 Å². The van der Waals surface area contributed by atoms with E-state index in [1.165, 1.54) is 0 Å². The zero-order valence-corrected chi connectivity index (χ0v) is 7.26. The number of rotatable bonds is 1. The summed E-state index contributed by atoms with van der Waals surface area (Å²) >= 11 is 3.17. The van der Waals surface area contributed by atoms with Crippen molar-refractivity contribution in [1.29, 1.82) is 0 Å². The first kappa shape index (κ1) is 8.07. The monoisotopic (exact) mass is 214 g/mol. The number of benzene rings is 1. The maximum Gasteiger partial charge on any atom is 0.251 e. The molecule has 1 aromatic carbocycles. The van der Waals surface area contributed by atoms with Crippen LogP contribution in [0.15, 0.2) is 22.7 Å². The fourth-order valence-electron chi connectivity index (χ4n) is 0.801. The fourth-order valence-corrected chi connectivity index (χ4v) is 1.38. The van der Waals surface area contributed by atoms with Crippen LogP contribution in [-0.4, -0.2) is 5.91 Å². The number of primary amides is 1. The van der Waals surface area contributed by atoms with Gasteiger partial charge in [-0.3, -0.25) is 4.79 Å². The average Bonchev–Trinajstić information content (AvgIpc) is 1.85. The Hall–Kier alpha value is -1.03. The molecule has 0 aromatic heterocycles. The number of carbonyl (C=O) groups excluding carboxylic acids is 1. The average molecular weight is 215 g/mol. The highest BCUT2D eigenvalue weighted by Gasteiger charge is 2.08. The lowest BCUT2D eigenvalue weighted by molar-refractivity contribution is 0.100. The van der Waals surface area contributed by atoms with Crippen LogP contribution >= 0.6 is 15.9 Å². The van der Waals surface area contributed by atoms with Crippen LogP contribution in [-0.2, 0) is 0 Å². The Kier molecular flexibility index (Phi) is 2.14. The third kappa shape index (κ3) is 1.51. The summed E-state index contributed by atoms with van der Waals surface area (Å²) in [6.07, 6.45) is 0. The van der Waals surface area contributed by atoms with Crippen LogP contribution in [0.5, 0.6) is 0 Å². The normalized spacial score (nSPS) is 9.55. The molecule has 0 saturated heterocycles.